The van der Waals surface area contributed by atoms with Crippen molar-refractivity contribution in [1.82, 2.24) is 0 Å². The van der Waals surface area contributed by atoms with Crippen molar-refractivity contribution < 1.29 is 133 Å². The third-order valence-electron chi connectivity index (χ3n) is 2.56. The molecule has 0 aliphatic carbocycles. The quantitative estimate of drug-likeness (QED) is 0.103. The van der Waals surface area contributed by atoms with Crippen molar-refractivity contribution in [2.75, 3.05) is 13.2 Å². The number of hydrogen-bond acceptors (Lipinski definition) is 9. The van der Waals surface area contributed by atoms with Gasteiger partial charge in [0.15, 0.2) is 6.10 Å². The average Bonchev–Trinajstić information content (AvgIpc) is 2.89. The summed E-state index contributed by atoms with van der Waals surface area (Å²) in [6, 6.07) is 0. The predicted octanol–water partition coefficient (Wildman–Crippen LogP) is -3.11. The van der Waals surface area contributed by atoms with Gasteiger partial charge in [0.05, 0.1) is 14.4 Å². The first-order valence-corrected chi connectivity index (χ1v) is 11.7. The summed E-state index contributed by atoms with van der Waals surface area (Å²) in [5.74, 6) is 45.3. The van der Waals surface area contributed by atoms with Crippen LogP contribution in [-0.4, -0.2) is 37.2 Å². The summed E-state index contributed by atoms with van der Waals surface area (Å²) in [5, 5.41) is 0. The molecule has 0 rings (SSSR count). The van der Waals surface area contributed by atoms with Crippen LogP contribution in [0.2, 0.25) is 0 Å². The number of terminal acetylenes is 1. The summed E-state index contributed by atoms with van der Waals surface area (Å²) < 4.78 is 24.2. The minimum Gasteiger partial charge on any atom is -0.790 e. The maximum Gasteiger partial charge on any atom is 1.00 e. The van der Waals surface area contributed by atoms with E-state index in [9.17, 15) is 28.7 Å². The first kappa shape index (κ1) is 45.7. The first-order valence-electron chi connectivity index (χ1n) is 10.2. The van der Waals surface area contributed by atoms with Crippen LogP contribution in [0, 0.1) is 131 Å². The van der Waals surface area contributed by atoms with Crippen LogP contribution in [0.25, 0.3) is 0 Å². The van der Waals surface area contributed by atoms with E-state index < -0.39 is 39.1 Å². The minimum absolute atomic E-state index is 0. The smallest absolute Gasteiger partial charge is 0.790 e. The summed E-state index contributed by atoms with van der Waals surface area (Å²) in [5.41, 5.74) is 4.47. The zero-order chi connectivity index (χ0) is 31.2. The monoisotopic (exact) mass is 653 g/mol. The number of primary amides is 1. The van der Waals surface area contributed by atoms with E-state index in [0.717, 1.165) is 0 Å². The van der Waals surface area contributed by atoms with Crippen LogP contribution in [0.5, 0.6) is 0 Å². The number of ether oxygens (including phenoxy) is 2. The van der Waals surface area contributed by atoms with Gasteiger partial charge in [0, 0.05) is 50.2 Å². The molecule has 0 radical (unpaired) electrons. The molecule has 0 aliphatic heterocycles. The van der Waals surface area contributed by atoms with Crippen molar-refractivity contribution in [2.24, 2.45) is 5.73 Å². The Bertz CT molecular complexity index is 1800. The Hall–Kier alpha value is -4.32. The number of hydrogen-bond donors (Lipinski definition) is 1. The fourth-order valence-electron chi connectivity index (χ4n) is 1.35. The second-order valence-corrected chi connectivity index (χ2v) is 6.90. The van der Waals surface area contributed by atoms with Gasteiger partial charge in [-0.1, -0.05) is 5.92 Å². The summed E-state index contributed by atoms with van der Waals surface area (Å²) in [4.78, 5) is 53.9. The molecule has 0 saturated carbocycles. The fourth-order valence-corrected chi connectivity index (χ4v) is 1.69. The number of carbonyl (C=O) groups is 3. The standard InChI is InChI=1S/C28H11O8P.C2H5NO.2Na.22H2/c1-3-5-7-9-11-12-13-14-15-16-17-19-20-22-27(29)34-24-26(25-35-37(31,32)33)36-28(30)23-21-18-10-8-6-4-2;1-2(3)4;;;;;;;;;;;;;;;;;;;;;;;;/h2,26H,24-25H2,1H3,(H2,31,32,33);1H3,(H2,3,4);;;22*1H/q;;2*+1;;;;;;;;;;;;;;;;;;;;;;/p-2/t26-;;;;;;;;;;;;;;;;;;;;;;;;;/m1........................./s1. The summed E-state index contributed by atoms with van der Waals surface area (Å²) >= 11 is 0. The van der Waals surface area contributed by atoms with E-state index >= 15 is 0 Å². The summed E-state index contributed by atoms with van der Waals surface area (Å²) in [6.45, 7) is 1.31. The zero-order valence-corrected chi connectivity index (χ0v) is 28.2. The van der Waals surface area contributed by atoms with Gasteiger partial charge < -0.3 is 34.1 Å². The second-order valence-electron chi connectivity index (χ2n) is 5.75. The number of esters is 2. The Labute approximate surface area is 327 Å². The largest absolute Gasteiger partial charge is 1.00 e. The molecule has 0 aromatic carbocycles. The van der Waals surface area contributed by atoms with Gasteiger partial charge in [0.1, 0.15) is 6.61 Å². The van der Waals surface area contributed by atoms with Gasteiger partial charge in [-0.05, 0) is 113 Å². The summed E-state index contributed by atoms with van der Waals surface area (Å²) in [7, 11) is -5.40. The molecule has 0 aromatic rings. The third-order valence-corrected chi connectivity index (χ3v) is 3.02. The molecule has 0 spiro atoms. The molecule has 1 amide bonds. The van der Waals surface area contributed by atoms with Crippen molar-refractivity contribution in [3.05, 3.63) is 0 Å². The van der Waals surface area contributed by atoms with Gasteiger partial charge in [-0.2, -0.15) is 0 Å². The number of phosphoric acid groups is 1. The normalized spacial score (nSPS) is 7.33. The van der Waals surface area contributed by atoms with E-state index in [1.165, 1.54) is 6.92 Å². The molecule has 244 valence electrons. The van der Waals surface area contributed by atoms with E-state index in [1.54, 1.807) is 6.92 Å². The van der Waals surface area contributed by atoms with Crippen LogP contribution in [-0.2, 0) is 32.9 Å². The molecule has 0 fully saturated rings. The Morgan fingerprint density at radius 1 is 0.744 bits per heavy atom. The second kappa shape index (κ2) is 32.2. The van der Waals surface area contributed by atoms with E-state index in [4.69, 9.17) is 15.9 Å². The van der Waals surface area contributed by atoms with Crippen molar-refractivity contribution in [1.29, 1.82) is 0 Å². The molecule has 0 saturated heterocycles. The molecule has 0 bridgehead atoms. The van der Waals surface area contributed by atoms with E-state index in [-0.39, 0.29) is 96.4 Å². The van der Waals surface area contributed by atoms with Gasteiger partial charge in [-0.15, -0.1) is 6.42 Å². The number of carbonyl (C=O) groups excluding carboxylic acids is 3. The number of amides is 1. The van der Waals surface area contributed by atoms with Gasteiger partial charge in [0.25, 0.3) is 0 Å². The first-order chi connectivity index (χ1) is 19.5. The van der Waals surface area contributed by atoms with E-state index in [0.29, 0.717) is 0 Å². The number of phosphoric ester groups is 1. The van der Waals surface area contributed by atoms with Crippen LogP contribution < -0.4 is 74.6 Å². The Balaban J connectivity index is -0.0000000217. The maximum absolute atomic E-state index is 11.7. The molecule has 0 unspecified atom stereocenters. The van der Waals surface area contributed by atoms with Crippen LogP contribution >= 0.6 is 7.82 Å². The Kier molecular flexibility index (Phi) is 34.2. The van der Waals surface area contributed by atoms with Crippen molar-refractivity contribution in [3.8, 4) is 131 Å². The summed E-state index contributed by atoms with van der Waals surface area (Å²) in [6.07, 6.45) is 3.39. The average molecular weight is 654 g/mol. The van der Waals surface area contributed by atoms with Crippen LogP contribution in [0.1, 0.15) is 45.2 Å². The molecule has 10 nitrogen and oxygen atoms in total. The van der Waals surface area contributed by atoms with Gasteiger partial charge in [-0.3, -0.25) is 4.79 Å². The molecule has 13 heteroatoms. The molecule has 0 aliphatic rings. The third kappa shape index (κ3) is 42.3. The van der Waals surface area contributed by atoms with Crippen LogP contribution in [0.15, 0.2) is 0 Å². The van der Waals surface area contributed by atoms with E-state index in [2.05, 4.69) is 117 Å². The van der Waals surface area contributed by atoms with Crippen LogP contribution in [0.4, 0.5) is 0 Å². The Morgan fingerprint density at radius 3 is 1.51 bits per heavy atom. The maximum atomic E-state index is 11.7. The molecule has 43 heavy (non-hydrogen) atoms. The SMILES string of the molecule is C#CC#CC#CC#CC(=O)O[C@H](COC(=O)C#CC#CC#CC#CC#CC#CC#CC)COP(=O)([O-])[O-].CC(N)=O.[HH].[HH].[HH].[HH].[HH].[HH].[HH].[HH].[HH].[HH].[HH].[HH].[HH].[HH].[HH].[HH].[HH].[HH].[HH].[HH].[HH].[HH].[Na+].[Na+]. The van der Waals surface area contributed by atoms with Gasteiger partial charge >= 0.3 is 71.1 Å². The fraction of sp³-hybridized carbons (Fsp3) is 0.167. The van der Waals surface area contributed by atoms with Crippen molar-refractivity contribution in [3.63, 3.8) is 0 Å². The zero-order valence-electron chi connectivity index (χ0n) is 23.3. The van der Waals surface area contributed by atoms with E-state index in [1.807, 2.05) is 17.8 Å². The molecule has 2 N–H and O–H groups in total. The molecule has 0 heterocycles. The Morgan fingerprint density at radius 2 is 1.12 bits per heavy atom. The minimum atomic E-state index is -5.40. The molecule has 1 atom stereocenters. The van der Waals surface area contributed by atoms with Crippen LogP contribution in [0.3, 0.4) is 0 Å². The molecular formula is C30H58NNa2O9P. The predicted molar refractivity (Wildman–Crippen MR) is 188 cm³/mol. The molecular weight excluding hydrogens is 595 g/mol. The number of nitrogens with two attached hydrogens (primary N) is 1. The van der Waals surface area contributed by atoms with Crippen molar-refractivity contribution >= 4 is 25.7 Å². The van der Waals surface area contributed by atoms with Gasteiger partial charge in [0.2, 0.25) is 5.91 Å². The van der Waals surface area contributed by atoms with Crippen molar-refractivity contribution in [2.45, 2.75) is 20.0 Å². The van der Waals surface area contributed by atoms with Gasteiger partial charge in [-0.25, -0.2) is 9.59 Å². The topological polar surface area (TPSA) is 168 Å². The molecule has 0 aromatic heterocycles. The number of rotatable bonds is 6.